The number of rotatable bonds is 3. The first-order valence-corrected chi connectivity index (χ1v) is 8.10. The van der Waals surface area contributed by atoms with Gasteiger partial charge in [-0.1, -0.05) is 19.9 Å². The predicted molar refractivity (Wildman–Crippen MR) is 97.6 cm³/mol. The number of esters is 1. The van der Waals surface area contributed by atoms with Crippen LogP contribution in [0.1, 0.15) is 41.8 Å². The quantitative estimate of drug-likeness (QED) is 0.676. The zero-order valence-electron chi connectivity index (χ0n) is 14.3. The Balaban J connectivity index is 1.81. The van der Waals surface area contributed by atoms with Crippen LogP contribution in [0.25, 0.3) is 0 Å². The lowest BCUT2D eigenvalue weighted by Gasteiger charge is -2.33. The van der Waals surface area contributed by atoms with Crippen LogP contribution in [-0.4, -0.2) is 25.8 Å². The molecule has 0 fully saturated rings. The minimum atomic E-state index is -0.338. The van der Waals surface area contributed by atoms with E-state index in [0.29, 0.717) is 5.56 Å². The molecule has 1 aliphatic rings. The van der Waals surface area contributed by atoms with E-state index in [1.807, 2.05) is 18.3 Å². The van der Waals surface area contributed by atoms with Crippen molar-refractivity contribution in [2.45, 2.75) is 25.7 Å². The Labute approximate surface area is 142 Å². The summed E-state index contributed by atoms with van der Waals surface area (Å²) in [5.74, 6) is -0.338. The van der Waals surface area contributed by atoms with E-state index >= 15 is 0 Å². The first-order valence-electron chi connectivity index (χ1n) is 8.10. The number of hydrogen-bond donors (Lipinski definition) is 1. The van der Waals surface area contributed by atoms with Crippen LogP contribution in [0.4, 0.5) is 11.4 Å². The number of fused-ring (bicyclic) bond motifs is 1. The summed E-state index contributed by atoms with van der Waals surface area (Å²) in [5, 5.41) is 3.45. The van der Waals surface area contributed by atoms with Gasteiger partial charge in [0.05, 0.1) is 18.4 Å². The molecule has 0 amide bonds. The first-order chi connectivity index (χ1) is 11.5. The molecule has 0 spiro atoms. The Morgan fingerprint density at radius 3 is 2.67 bits per heavy atom. The average Bonchev–Trinajstić information content (AvgIpc) is 2.60. The van der Waals surface area contributed by atoms with Gasteiger partial charge in [0.1, 0.15) is 0 Å². The lowest BCUT2D eigenvalue weighted by molar-refractivity contribution is 0.0601. The molecular formula is C20H22N2O2. The zero-order chi connectivity index (χ0) is 17.2. The number of carbonyl (C=O) groups excluding carboxylic acids is 1. The van der Waals surface area contributed by atoms with Crippen molar-refractivity contribution in [3.63, 3.8) is 0 Å². The van der Waals surface area contributed by atoms with Gasteiger partial charge in [0.2, 0.25) is 0 Å². The summed E-state index contributed by atoms with van der Waals surface area (Å²) in [6.45, 7) is 5.57. The molecule has 4 heteroatoms. The molecule has 124 valence electrons. The van der Waals surface area contributed by atoms with E-state index in [4.69, 9.17) is 4.74 Å². The number of aliphatic imine (C=N–C) groups is 1. The Kier molecular flexibility index (Phi) is 4.38. The molecule has 1 heterocycles. The van der Waals surface area contributed by atoms with Crippen LogP contribution in [0.15, 0.2) is 47.5 Å². The molecule has 0 atom stereocenters. The molecule has 0 saturated heterocycles. The highest BCUT2D eigenvalue weighted by molar-refractivity contribution is 5.90. The fourth-order valence-electron chi connectivity index (χ4n) is 2.95. The van der Waals surface area contributed by atoms with Crippen molar-refractivity contribution in [2.75, 3.05) is 19.0 Å². The second-order valence-corrected chi connectivity index (χ2v) is 6.66. The molecule has 24 heavy (non-hydrogen) atoms. The molecule has 0 saturated carbocycles. The first kappa shape index (κ1) is 16.2. The number of methoxy groups -OCH3 is 1. The molecule has 2 aromatic carbocycles. The number of carbonyl (C=O) groups is 1. The van der Waals surface area contributed by atoms with E-state index in [9.17, 15) is 4.79 Å². The number of anilines is 1. The molecule has 0 radical (unpaired) electrons. The Hall–Kier alpha value is -2.62. The summed E-state index contributed by atoms with van der Waals surface area (Å²) in [6.07, 6.45) is 2.98. The van der Waals surface area contributed by atoms with Gasteiger partial charge in [-0.05, 0) is 59.4 Å². The molecule has 0 aliphatic carbocycles. The van der Waals surface area contributed by atoms with E-state index in [2.05, 4.69) is 42.4 Å². The standard InChI is InChI=1S/C20H22N2O2/c1-20(2)10-11-21-18-9-4-14(12-17(18)20)13-22-16-7-5-15(6-8-16)19(23)24-3/h4-9,12-13,21H,10-11H2,1-3H3. The van der Waals surface area contributed by atoms with Crippen LogP contribution in [0.3, 0.4) is 0 Å². The average molecular weight is 322 g/mol. The molecule has 0 bridgehead atoms. The molecule has 1 N–H and O–H groups in total. The topological polar surface area (TPSA) is 50.7 Å². The van der Waals surface area contributed by atoms with E-state index in [0.717, 1.165) is 24.2 Å². The van der Waals surface area contributed by atoms with Gasteiger partial charge in [-0.25, -0.2) is 4.79 Å². The van der Waals surface area contributed by atoms with Gasteiger partial charge in [-0.2, -0.15) is 0 Å². The van der Waals surface area contributed by atoms with Crippen molar-refractivity contribution in [3.8, 4) is 0 Å². The monoisotopic (exact) mass is 322 g/mol. The molecule has 0 aromatic heterocycles. The van der Waals surface area contributed by atoms with Crippen LogP contribution in [0.2, 0.25) is 0 Å². The van der Waals surface area contributed by atoms with Crippen molar-refractivity contribution >= 4 is 23.6 Å². The fourth-order valence-corrected chi connectivity index (χ4v) is 2.95. The lowest BCUT2D eigenvalue weighted by atomic mass is 9.78. The third kappa shape index (κ3) is 3.32. The summed E-state index contributed by atoms with van der Waals surface area (Å²) in [5.41, 5.74) is 5.12. The van der Waals surface area contributed by atoms with Gasteiger partial charge < -0.3 is 10.1 Å². The van der Waals surface area contributed by atoms with Gasteiger partial charge in [0.15, 0.2) is 0 Å². The number of nitrogens with zero attached hydrogens (tertiary/aromatic N) is 1. The van der Waals surface area contributed by atoms with Gasteiger partial charge in [-0.15, -0.1) is 0 Å². The lowest BCUT2D eigenvalue weighted by Crippen LogP contribution is -2.28. The molecule has 2 aromatic rings. The van der Waals surface area contributed by atoms with Crippen molar-refractivity contribution < 1.29 is 9.53 Å². The second-order valence-electron chi connectivity index (χ2n) is 6.66. The number of benzene rings is 2. The predicted octanol–water partition coefficient (Wildman–Crippen LogP) is 4.32. The Morgan fingerprint density at radius 2 is 1.96 bits per heavy atom. The molecule has 1 aliphatic heterocycles. The smallest absolute Gasteiger partial charge is 0.337 e. The summed E-state index contributed by atoms with van der Waals surface area (Å²) < 4.78 is 4.69. The van der Waals surface area contributed by atoms with Crippen LogP contribution in [0, 0.1) is 0 Å². The van der Waals surface area contributed by atoms with Crippen LogP contribution in [-0.2, 0) is 10.2 Å². The summed E-state index contributed by atoms with van der Waals surface area (Å²) >= 11 is 0. The maximum absolute atomic E-state index is 11.4. The Bertz CT molecular complexity index is 777. The van der Waals surface area contributed by atoms with Crippen molar-refractivity contribution in [1.29, 1.82) is 0 Å². The van der Waals surface area contributed by atoms with Crippen LogP contribution in [0.5, 0.6) is 0 Å². The second kappa shape index (κ2) is 6.48. The van der Waals surface area contributed by atoms with Gasteiger partial charge in [0, 0.05) is 18.4 Å². The summed E-state index contributed by atoms with van der Waals surface area (Å²) in [6, 6.07) is 13.5. The minimum Gasteiger partial charge on any atom is -0.465 e. The van der Waals surface area contributed by atoms with Crippen molar-refractivity contribution in [2.24, 2.45) is 4.99 Å². The highest BCUT2D eigenvalue weighted by Crippen LogP contribution is 2.36. The van der Waals surface area contributed by atoms with Crippen molar-refractivity contribution in [3.05, 3.63) is 59.2 Å². The SMILES string of the molecule is COC(=O)c1ccc(N=Cc2ccc3c(c2)C(C)(C)CCN3)cc1. The number of nitrogens with one attached hydrogen (secondary N) is 1. The highest BCUT2D eigenvalue weighted by Gasteiger charge is 2.27. The summed E-state index contributed by atoms with van der Waals surface area (Å²) in [7, 11) is 1.38. The third-order valence-corrected chi connectivity index (χ3v) is 4.49. The Morgan fingerprint density at radius 1 is 1.21 bits per heavy atom. The maximum atomic E-state index is 11.4. The molecule has 4 nitrogen and oxygen atoms in total. The largest absolute Gasteiger partial charge is 0.465 e. The number of hydrogen-bond acceptors (Lipinski definition) is 4. The van der Waals surface area contributed by atoms with E-state index in [1.165, 1.54) is 18.4 Å². The number of ether oxygens (including phenoxy) is 1. The highest BCUT2D eigenvalue weighted by atomic mass is 16.5. The minimum absolute atomic E-state index is 0.173. The fraction of sp³-hybridized carbons (Fsp3) is 0.300. The van der Waals surface area contributed by atoms with E-state index in [-0.39, 0.29) is 11.4 Å². The summed E-state index contributed by atoms with van der Waals surface area (Å²) in [4.78, 5) is 15.9. The molecule has 0 unspecified atom stereocenters. The van der Waals surface area contributed by atoms with Crippen LogP contribution >= 0.6 is 0 Å². The van der Waals surface area contributed by atoms with E-state index in [1.54, 1.807) is 12.1 Å². The molecule has 3 rings (SSSR count). The van der Waals surface area contributed by atoms with Gasteiger partial charge in [0.25, 0.3) is 0 Å². The van der Waals surface area contributed by atoms with Gasteiger partial charge in [-0.3, -0.25) is 4.99 Å². The van der Waals surface area contributed by atoms with E-state index < -0.39 is 0 Å². The maximum Gasteiger partial charge on any atom is 0.337 e. The zero-order valence-corrected chi connectivity index (χ0v) is 14.3. The van der Waals surface area contributed by atoms with Crippen LogP contribution < -0.4 is 5.32 Å². The normalized spacial score (nSPS) is 15.6. The third-order valence-electron chi connectivity index (χ3n) is 4.49. The van der Waals surface area contributed by atoms with Gasteiger partial charge >= 0.3 is 5.97 Å². The van der Waals surface area contributed by atoms with Crippen molar-refractivity contribution in [1.82, 2.24) is 0 Å². The molecular weight excluding hydrogens is 300 g/mol.